The van der Waals surface area contributed by atoms with Gasteiger partial charge in [-0.1, -0.05) is 13.0 Å². The first-order chi connectivity index (χ1) is 13.6. The number of halogens is 3. The highest BCUT2D eigenvalue weighted by Gasteiger charge is 2.27. The van der Waals surface area contributed by atoms with E-state index in [-0.39, 0.29) is 30.0 Å². The van der Waals surface area contributed by atoms with Gasteiger partial charge >= 0.3 is 0 Å². The molecule has 1 aliphatic rings. The minimum Gasteiger partial charge on any atom is -0.357 e. The summed E-state index contributed by atoms with van der Waals surface area (Å²) in [5, 5.41) is 10.2. The first-order valence-corrected chi connectivity index (χ1v) is 9.82. The topological polar surface area (TPSA) is 59.6 Å². The van der Waals surface area contributed by atoms with Crippen molar-refractivity contribution in [2.24, 2.45) is 4.99 Å². The van der Waals surface area contributed by atoms with Gasteiger partial charge in [-0.25, -0.2) is 13.8 Å². The Labute approximate surface area is 187 Å². The average Bonchev–Trinajstić information content (AvgIpc) is 3.21. The fourth-order valence-corrected chi connectivity index (χ4v) is 3.65. The van der Waals surface area contributed by atoms with Crippen LogP contribution in [0.2, 0.25) is 0 Å². The minimum atomic E-state index is -0.537. The smallest absolute Gasteiger partial charge is 0.194 e. The summed E-state index contributed by atoms with van der Waals surface area (Å²) in [7, 11) is 0. The molecule has 1 fully saturated rings. The van der Waals surface area contributed by atoms with Crippen LogP contribution in [0.15, 0.2) is 35.5 Å². The van der Waals surface area contributed by atoms with Crippen LogP contribution in [0.25, 0.3) is 0 Å². The Morgan fingerprint density at radius 1 is 1.21 bits per heavy atom. The van der Waals surface area contributed by atoms with Crippen LogP contribution < -0.4 is 5.32 Å². The average molecular weight is 518 g/mol. The Kier molecular flexibility index (Phi) is 9.28. The van der Waals surface area contributed by atoms with Crippen molar-refractivity contribution >= 4 is 29.9 Å². The number of benzene rings is 1. The highest BCUT2D eigenvalue weighted by Crippen LogP contribution is 2.28. The molecule has 0 aliphatic carbocycles. The van der Waals surface area contributed by atoms with Crippen molar-refractivity contribution in [1.29, 1.82) is 0 Å². The fourth-order valence-electron chi connectivity index (χ4n) is 3.65. The molecule has 0 bridgehead atoms. The second-order valence-corrected chi connectivity index (χ2v) is 6.86. The normalized spacial score (nSPS) is 16.4. The van der Waals surface area contributed by atoms with Gasteiger partial charge in [0.15, 0.2) is 5.96 Å². The second-order valence-electron chi connectivity index (χ2n) is 6.86. The van der Waals surface area contributed by atoms with E-state index < -0.39 is 11.6 Å². The van der Waals surface area contributed by atoms with Crippen LogP contribution >= 0.6 is 24.0 Å². The highest BCUT2D eigenvalue weighted by atomic mass is 127. The van der Waals surface area contributed by atoms with Crippen LogP contribution in [0.1, 0.15) is 37.6 Å². The molecule has 0 spiro atoms. The predicted octanol–water partition coefficient (Wildman–Crippen LogP) is 3.54. The third-order valence-corrected chi connectivity index (χ3v) is 5.06. The van der Waals surface area contributed by atoms with Crippen molar-refractivity contribution < 1.29 is 8.78 Å². The van der Waals surface area contributed by atoms with Gasteiger partial charge in [0.1, 0.15) is 11.6 Å². The first kappa shape index (κ1) is 23.5. The van der Waals surface area contributed by atoms with Crippen LogP contribution in [-0.2, 0) is 6.54 Å². The SMILES string of the molecule is CCNC(=NCc1ccn[nH]1)N1CCN(C(CC)c2ccc(F)cc2F)CC1.I. The summed E-state index contributed by atoms with van der Waals surface area (Å²) in [6.45, 7) is 8.61. The van der Waals surface area contributed by atoms with E-state index in [1.807, 2.05) is 19.9 Å². The zero-order chi connectivity index (χ0) is 19.9. The third kappa shape index (κ3) is 6.11. The number of aromatic amines is 1. The predicted molar refractivity (Wildman–Crippen MR) is 121 cm³/mol. The number of hydrogen-bond donors (Lipinski definition) is 2. The van der Waals surface area contributed by atoms with Crippen molar-refractivity contribution in [2.75, 3.05) is 32.7 Å². The Morgan fingerprint density at radius 3 is 2.55 bits per heavy atom. The maximum absolute atomic E-state index is 14.3. The Bertz CT molecular complexity index is 775. The van der Waals surface area contributed by atoms with Crippen molar-refractivity contribution in [2.45, 2.75) is 32.9 Å². The van der Waals surface area contributed by atoms with Crippen LogP contribution in [0.3, 0.4) is 0 Å². The zero-order valence-electron chi connectivity index (χ0n) is 16.9. The number of piperazine rings is 1. The molecule has 29 heavy (non-hydrogen) atoms. The van der Waals surface area contributed by atoms with Gasteiger partial charge in [0.25, 0.3) is 0 Å². The molecule has 2 aromatic rings. The summed E-state index contributed by atoms with van der Waals surface area (Å²) in [6, 6.07) is 5.74. The largest absolute Gasteiger partial charge is 0.357 e. The molecule has 2 N–H and O–H groups in total. The highest BCUT2D eigenvalue weighted by molar-refractivity contribution is 14.0. The number of guanidine groups is 1. The van der Waals surface area contributed by atoms with E-state index in [2.05, 4.69) is 25.3 Å². The van der Waals surface area contributed by atoms with E-state index in [9.17, 15) is 8.78 Å². The Morgan fingerprint density at radius 2 is 1.97 bits per heavy atom. The summed E-state index contributed by atoms with van der Waals surface area (Å²) in [5.41, 5.74) is 1.53. The van der Waals surface area contributed by atoms with Crippen LogP contribution in [-0.4, -0.2) is 58.7 Å². The van der Waals surface area contributed by atoms with Crippen molar-refractivity contribution in [3.8, 4) is 0 Å². The zero-order valence-corrected chi connectivity index (χ0v) is 19.2. The molecule has 1 aromatic carbocycles. The molecule has 1 atom stereocenters. The molecule has 1 aromatic heterocycles. The molecule has 1 unspecified atom stereocenters. The lowest BCUT2D eigenvalue weighted by atomic mass is 10.0. The number of nitrogens with zero attached hydrogens (tertiary/aromatic N) is 4. The summed E-state index contributed by atoms with van der Waals surface area (Å²) < 4.78 is 27.5. The number of rotatable bonds is 6. The standard InChI is InChI=1S/C20H28F2N6.HI/c1-3-19(17-6-5-15(21)13-18(17)22)27-9-11-28(12-10-27)20(23-4-2)24-14-16-7-8-25-26-16;/h5-8,13,19H,3-4,9-12,14H2,1-2H3,(H,23,24)(H,25,26);1H. The van der Waals surface area contributed by atoms with Gasteiger partial charge in [-0.05, 0) is 25.5 Å². The van der Waals surface area contributed by atoms with Crippen molar-refractivity contribution in [3.63, 3.8) is 0 Å². The minimum absolute atomic E-state index is 0. The van der Waals surface area contributed by atoms with Gasteiger partial charge in [0.05, 0.1) is 12.2 Å². The third-order valence-electron chi connectivity index (χ3n) is 5.06. The van der Waals surface area contributed by atoms with E-state index >= 15 is 0 Å². The summed E-state index contributed by atoms with van der Waals surface area (Å²) >= 11 is 0. The summed E-state index contributed by atoms with van der Waals surface area (Å²) in [5.74, 6) is -0.133. The van der Waals surface area contributed by atoms with E-state index in [1.54, 1.807) is 12.3 Å². The fraction of sp³-hybridized carbons (Fsp3) is 0.500. The van der Waals surface area contributed by atoms with Crippen LogP contribution in [0.5, 0.6) is 0 Å². The van der Waals surface area contributed by atoms with E-state index in [1.165, 1.54) is 6.07 Å². The van der Waals surface area contributed by atoms with Gasteiger partial charge < -0.3 is 10.2 Å². The van der Waals surface area contributed by atoms with Gasteiger partial charge in [-0.15, -0.1) is 24.0 Å². The van der Waals surface area contributed by atoms with Crippen LogP contribution in [0.4, 0.5) is 8.78 Å². The molecule has 9 heteroatoms. The number of H-pyrrole nitrogens is 1. The number of hydrogen-bond acceptors (Lipinski definition) is 3. The molecule has 0 radical (unpaired) electrons. The number of aliphatic imine (C=N–C) groups is 1. The van der Waals surface area contributed by atoms with Gasteiger partial charge in [0, 0.05) is 56.6 Å². The molecule has 2 heterocycles. The molecular formula is C20H29F2IN6. The van der Waals surface area contributed by atoms with E-state index in [4.69, 9.17) is 4.99 Å². The van der Waals surface area contributed by atoms with Gasteiger partial charge in [-0.3, -0.25) is 10.00 Å². The first-order valence-electron chi connectivity index (χ1n) is 9.82. The molecule has 1 aliphatic heterocycles. The van der Waals surface area contributed by atoms with Crippen molar-refractivity contribution in [1.82, 2.24) is 25.3 Å². The molecule has 1 saturated heterocycles. The summed E-state index contributed by atoms with van der Waals surface area (Å²) in [6.07, 6.45) is 2.49. The molecular weight excluding hydrogens is 489 g/mol. The van der Waals surface area contributed by atoms with E-state index in [0.29, 0.717) is 12.1 Å². The number of aromatic nitrogens is 2. The molecule has 0 saturated carbocycles. The lowest BCUT2D eigenvalue weighted by Crippen LogP contribution is -2.53. The number of nitrogens with one attached hydrogen (secondary N) is 2. The molecule has 6 nitrogen and oxygen atoms in total. The maximum Gasteiger partial charge on any atom is 0.194 e. The quantitative estimate of drug-likeness (QED) is 0.349. The second kappa shape index (κ2) is 11.4. The van der Waals surface area contributed by atoms with Crippen molar-refractivity contribution in [3.05, 3.63) is 53.4 Å². The molecule has 160 valence electrons. The Balaban J connectivity index is 0.00000300. The van der Waals surface area contributed by atoms with Crippen LogP contribution in [0, 0.1) is 11.6 Å². The molecule has 0 amide bonds. The lowest BCUT2D eigenvalue weighted by Gasteiger charge is -2.40. The van der Waals surface area contributed by atoms with Gasteiger partial charge in [-0.2, -0.15) is 5.10 Å². The molecule has 3 rings (SSSR count). The monoisotopic (exact) mass is 518 g/mol. The van der Waals surface area contributed by atoms with Gasteiger partial charge in [0.2, 0.25) is 0 Å². The summed E-state index contributed by atoms with van der Waals surface area (Å²) in [4.78, 5) is 9.19. The van der Waals surface area contributed by atoms with E-state index in [0.717, 1.165) is 56.9 Å². The maximum atomic E-state index is 14.3. The Hall–Kier alpha value is -1.75. The lowest BCUT2D eigenvalue weighted by molar-refractivity contribution is 0.124.